The number of ether oxygens (including phenoxy) is 1. The van der Waals surface area contributed by atoms with Gasteiger partial charge >= 0.3 is 6.03 Å². The zero-order valence-electron chi connectivity index (χ0n) is 19.4. The summed E-state index contributed by atoms with van der Waals surface area (Å²) in [4.78, 5) is 29.7. The standard InChI is InChI=1S/C28H22N4O4/c1-36-22-10-6-20-15-32(25(33)23(20)14-22)16-28(26(34)30-27(35)31-28)21-8-4-17(5-9-21)18-7-11-24-19(13-18)3-2-12-29-24/h2-15,33H,16H2,1H3,(H2,30,31,34,35)/t28-/m0/s1. The van der Waals surface area contributed by atoms with Crippen LogP contribution >= 0.6 is 0 Å². The van der Waals surface area contributed by atoms with Crippen LogP contribution in [0.15, 0.2) is 85.2 Å². The van der Waals surface area contributed by atoms with Crippen LogP contribution in [-0.2, 0) is 16.9 Å². The minimum atomic E-state index is -1.39. The molecule has 0 radical (unpaired) electrons. The summed E-state index contributed by atoms with van der Waals surface area (Å²) < 4.78 is 6.84. The van der Waals surface area contributed by atoms with Crippen molar-refractivity contribution >= 4 is 33.6 Å². The van der Waals surface area contributed by atoms with Crippen LogP contribution in [0.25, 0.3) is 32.8 Å². The van der Waals surface area contributed by atoms with Crippen molar-refractivity contribution in [1.29, 1.82) is 0 Å². The Labute approximate surface area is 206 Å². The number of amides is 3. The molecule has 3 aromatic carbocycles. The highest BCUT2D eigenvalue weighted by molar-refractivity contribution is 6.07. The first-order valence-electron chi connectivity index (χ1n) is 11.4. The van der Waals surface area contributed by atoms with E-state index in [4.69, 9.17) is 4.74 Å². The molecular formula is C28H22N4O4. The molecule has 2 aromatic heterocycles. The number of fused-ring (bicyclic) bond motifs is 2. The molecule has 36 heavy (non-hydrogen) atoms. The van der Waals surface area contributed by atoms with Crippen molar-refractivity contribution in [3.63, 3.8) is 0 Å². The second-order valence-corrected chi connectivity index (χ2v) is 8.84. The number of carbonyl (C=O) groups excluding carboxylic acids is 2. The number of hydrogen-bond donors (Lipinski definition) is 3. The highest BCUT2D eigenvalue weighted by Crippen LogP contribution is 2.35. The van der Waals surface area contributed by atoms with E-state index < -0.39 is 17.5 Å². The molecular weight excluding hydrogens is 456 g/mol. The van der Waals surface area contributed by atoms with Gasteiger partial charge in [0.15, 0.2) is 11.4 Å². The number of aromatic nitrogens is 2. The highest BCUT2D eigenvalue weighted by Gasteiger charge is 2.48. The molecule has 3 N–H and O–H groups in total. The molecule has 0 spiro atoms. The third-order valence-electron chi connectivity index (χ3n) is 6.73. The molecule has 6 rings (SSSR count). The third-order valence-corrected chi connectivity index (χ3v) is 6.73. The first-order valence-corrected chi connectivity index (χ1v) is 11.4. The van der Waals surface area contributed by atoms with E-state index in [1.54, 1.807) is 36.2 Å². The Kier molecular flexibility index (Phi) is 4.89. The number of methoxy groups -OCH3 is 1. The van der Waals surface area contributed by atoms with Crippen molar-refractivity contribution < 1.29 is 19.4 Å². The van der Waals surface area contributed by atoms with Crippen LogP contribution in [0.2, 0.25) is 0 Å². The van der Waals surface area contributed by atoms with Gasteiger partial charge in [-0.2, -0.15) is 0 Å². The third kappa shape index (κ3) is 3.42. The molecule has 0 aliphatic carbocycles. The Morgan fingerprint density at radius 3 is 2.53 bits per heavy atom. The Hall–Kier alpha value is -4.85. The van der Waals surface area contributed by atoms with E-state index in [0.717, 1.165) is 27.4 Å². The largest absolute Gasteiger partial charge is 0.497 e. The van der Waals surface area contributed by atoms with Crippen molar-refractivity contribution in [2.75, 3.05) is 7.11 Å². The normalized spacial score (nSPS) is 17.4. The van der Waals surface area contributed by atoms with E-state index >= 15 is 0 Å². The van der Waals surface area contributed by atoms with E-state index in [1.165, 1.54) is 0 Å². The van der Waals surface area contributed by atoms with Gasteiger partial charge in [0.05, 0.1) is 19.2 Å². The van der Waals surface area contributed by atoms with E-state index in [2.05, 4.69) is 21.7 Å². The van der Waals surface area contributed by atoms with Crippen LogP contribution in [-0.4, -0.2) is 33.7 Å². The summed E-state index contributed by atoms with van der Waals surface area (Å²) in [6.45, 7) is 0.00833. The lowest BCUT2D eigenvalue weighted by Crippen LogP contribution is -2.47. The number of imide groups is 1. The number of carbonyl (C=O) groups is 2. The van der Waals surface area contributed by atoms with Gasteiger partial charge in [0.1, 0.15) is 5.75 Å². The van der Waals surface area contributed by atoms with Crippen LogP contribution in [0.1, 0.15) is 5.56 Å². The Bertz CT molecular complexity index is 1660. The summed E-state index contributed by atoms with van der Waals surface area (Å²) in [5.74, 6) is 0.114. The maximum atomic E-state index is 13.1. The fraction of sp³-hybridized carbons (Fsp3) is 0.107. The second-order valence-electron chi connectivity index (χ2n) is 8.84. The minimum Gasteiger partial charge on any atom is -0.497 e. The highest BCUT2D eigenvalue weighted by atomic mass is 16.5. The van der Waals surface area contributed by atoms with Crippen molar-refractivity contribution in [1.82, 2.24) is 20.2 Å². The molecule has 8 nitrogen and oxygen atoms in total. The Morgan fingerprint density at radius 2 is 1.78 bits per heavy atom. The van der Waals surface area contributed by atoms with Gasteiger partial charge in [0.2, 0.25) is 0 Å². The number of benzene rings is 3. The maximum absolute atomic E-state index is 13.1. The van der Waals surface area contributed by atoms with Gasteiger partial charge in [-0.15, -0.1) is 0 Å². The van der Waals surface area contributed by atoms with Crippen LogP contribution < -0.4 is 15.4 Å². The summed E-state index contributed by atoms with van der Waals surface area (Å²) in [5.41, 5.74) is 2.11. The number of nitrogens with one attached hydrogen (secondary N) is 2. The van der Waals surface area contributed by atoms with E-state index in [0.29, 0.717) is 16.7 Å². The smallest absolute Gasteiger partial charge is 0.322 e. The van der Waals surface area contributed by atoms with Gasteiger partial charge in [-0.3, -0.25) is 15.1 Å². The minimum absolute atomic E-state index is 0.00833. The van der Waals surface area contributed by atoms with Gasteiger partial charge in [-0.25, -0.2) is 4.79 Å². The predicted octanol–water partition coefficient (Wildman–Crippen LogP) is 4.31. The van der Waals surface area contributed by atoms with E-state index in [-0.39, 0.29) is 12.4 Å². The first kappa shape index (κ1) is 21.7. The first-order chi connectivity index (χ1) is 17.5. The fourth-order valence-electron chi connectivity index (χ4n) is 4.83. The molecule has 1 saturated heterocycles. The lowest BCUT2D eigenvalue weighted by molar-refractivity contribution is -0.124. The quantitative estimate of drug-likeness (QED) is 0.327. The summed E-state index contributed by atoms with van der Waals surface area (Å²) >= 11 is 0. The van der Waals surface area contributed by atoms with Crippen molar-refractivity contribution in [2.24, 2.45) is 0 Å². The zero-order chi connectivity index (χ0) is 24.9. The number of pyridine rings is 1. The van der Waals surface area contributed by atoms with Crippen molar-refractivity contribution in [3.05, 3.63) is 90.8 Å². The van der Waals surface area contributed by atoms with Crippen molar-refractivity contribution in [2.45, 2.75) is 12.1 Å². The van der Waals surface area contributed by atoms with Gasteiger partial charge in [-0.1, -0.05) is 36.4 Å². The lowest BCUT2D eigenvalue weighted by atomic mass is 9.88. The molecule has 8 heteroatoms. The van der Waals surface area contributed by atoms with Crippen molar-refractivity contribution in [3.8, 4) is 22.8 Å². The summed E-state index contributed by atoms with van der Waals surface area (Å²) in [6, 6.07) is 22.2. The molecule has 0 bridgehead atoms. The lowest BCUT2D eigenvalue weighted by Gasteiger charge is -2.27. The van der Waals surface area contributed by atoms with Gasteiger partial charge in [-0.05, 0) is 53.1 Å². The maximum Gasteiger partial charge on any atom is 0.322 e. The molecule has 0 unspecified atom stereocenters. The number of hydrogen-bond acceptors (Lipinski definition) is 5. The average Bonchev–Trinajstić information content (AvgIpc) is 3.38. The predicted molar refractivity (Wildman–Crippen MR) is 136 cm³/mol. The molecule has 1 atom stereocenters. The summed E-state index contributed by atoms with van der Waals surface area (Å²) in [7, 11) is 1.56. The molecule has 1 aliphatic rings. The van der Waals surface area contributed by atoms with Crippen LogP contribution in [0.5, 0.6) is 11.6 Å². The zero-order valence-corrected chi connectivity index (χ0v) is 19.4. The average molecular weight is 479 g/mol. The summed E-state index contributed by atoms with van der Waals surface area (Å²) in [5, 5.41) is 18.5. The number of rotatable bonds is 5. The Balaban J connectivity index is 1.39. The second kappa shape index (κ2) is 8.13. The van der Waals surface area contributed by atoms with Crippen LogP contribution in [0.4, 0.5) is 4.79 Å². The number of aromatic hydroxyl groups is 1. The van der Waals surface area contributed by atoms with E-state index in [1.807, 2.05) is 54.6 Å². The molecule has 5 aromatic rings. The molecule has 1 aliphatic heterocycles. The fourth-order valence-corrected chi connectivity index (χ4v) is 4.83. The SMILES string of the molecule is COc1ccc2cn(C[C@@]3(c4ccc(-c5ccc6ncccc6c5)cc4)NC(=O)NC3=O)c(O)c2c1. The molecule has 178 valence electrons. The molecule has 3 heterocycles. The summed E-state index contributed by atoms with van der Waals surface area (Å²) in [6.07, 6.45) is 3.51. The topological polar surface area (TPSA) is 105 Å². The number of urea groups is 1. The monoisotopic (exact) mass is 478 g/mol. The van der Waals surface area contributed by atoms with E-state index in [9.17, 15) is 14.7 Å². The molecule has 1 fully saturated rings. The van der Waals surface area contributed by atoms with Gasteiger partial charge in [0, 0.05) is 28.6 Å². The Morgan fingerprint density at radius 1 is 0.972 bits per heavy atom. The molecule has 0 saturated carbocycles. The number of nitrogens with zero attached hydrogens (tertiary/aromatic N) is 2. The van der Waals surface area contributed by atoms with Gasteiger partial charge < -0.3 is 19.7 Å². The molecule has 3 amide bonds. The van der Waals surface area contributed by atoms with Gasteiger partial charge in [0.25, 0.3) is 5.91 Å². The van der Waals surface area contributed by atoms with Crippen LogP contribution in [0, 0.1) is 0 Å². The van der Waals surface area contributed by atoms with Crippen LogP contribution in [0.3, 0.4) is 0 Å².